The molecular formula is C21H24FN3O2. The van der Waals surface area contributed by atoms with Gasteiger partial charge in [-0.3, -0.25) is 9.59 Å². The number of para-hydroxylation sites is 1. The summed E-state index contributed by atoms with van der Waals surface area (Å²) in [4.78, 5) is 27.8. The third-order valence-corrected chi connectivity index (χ3v) is 4.71. The predicted molar refractivity (Wildman–Crippen MR) is 105 cm³/mol. The molecule has 1 heterocycles. The van der Waals surface area contributed by atoms with Crippen LogP contribution in [0.5, 0.6) is 0 Å². The molecule has 0 aromatic heterocycles. The van der Waals surface area contributed by atoms with E-state index in [1.54, 1.807) is 41.3 Å². The fraction of sp³-hybridized carbons (Fsp3) is 0.333. The van der Waals surface area contributed by atoms with Crippen molar-refractivity contribution in [1.29, 1.82) is 0 Å². The summed E-state index contributed by atoms with van der Waals surface area (Å²) in [6, 6.07) is 13.8. The quantitative estimate of drug-likeness (QED) is 0.763. The number of rotatable bonds is 7. The minimum atomic E-state index is -0.252. The molecule has 1 aliphatic rings. The standard InChI is InChI=1S/C21H24FN3O2/c1-24(19-10-3-2-9-18(19)22)13-6-12-23-21(27)16-7-4-8-17(15-16)25-14-5-11-20(25)26/h2-4,7-10,15H,5-6,11-14H2,1H3,(H,23,27). The third-order valence-electron chi connectivity index (χ3n) is 4.71. The zero-order valence-corrected chi connectivity index (χ0v) is 15.5. The van der Waals surface area contributed by atoms with Gasteiger partial charge < -0.3 is 15.1 Å². The first-order chi connectivity index (χ1) is 13.1. The number of carbonyl (C=O) groups excluding carboxylic acids is 2. The molecule has 6 heteroatoms. The molecule has 0 spiro atoms. The first kappa shape index (κ1) is 18.9. The second kappa shape index (κ2) is 8.66. The van der Waals surface area contributed by atoms with Crippen LogP contribution in [0, 0.1) is 5.82 Å². The molecule has 5 nitrogen and oxygen atoms in total. The summed E-state index contributed by atoms with van der Waals surface area (Å²) in [5, 5.41) is 2.89. The molecule has 0 saturated carbocycles. The largest absolute Gasteiger partial charge is 0.372 e. The van der Waals surface area contributed by atoms with E-state index in [9.17, 15) is 14.0 Å². The van der Waals surface area contributed by atoms with Crippen LogP contribution in [0.3, 0.4) is 0 Å². The van der Waals surface area contributed by atoms with Crippen molar-refractivity contribution in [2.24, 2.45) is 0 Å². The van der Waals surface area contributed by atoms with Crippen molar-refractivity contribution in [2.75, 3.05) is 36.5 Å². The Morgan fingerprint density at radius 2 is 2.04 bits per heavy atom. The van der Waals surface area contributed by atoms with Gasteiger partial charge in [0.05, 0.1) is 5.69 Å². The highest BCUT2D eigenvalue weighted by molar-refractivity contribution is 5.99. The number of hydrogen-bond donors (Lipinski definition) is 1. The number of carbonyl (C=O) groups is 2. The highest BCUT2D eigenvalue weighted by atomic mass is 19.1. The first-order valence-electron chi connectivity index (χ1n) is 9.20. The SMILES string of the molecule is CN(CCCNC(=O)c1cccc(N2CCCC2=O)c1)c1ccccc1F. The van der Waals surface area contributed by atoms with Gasteiger partial charge in [-0.05, 0) is 43.2 Å². The van der Waals surface area contributed by atoms with E-state index < -0.39 is 0 Å². The van der Waals surface area contributed by atoms with Crippen LogP contribution in [-0.4, -0.2) is 38.5 Å². The van der Waals surface area contributed by atoms with Crippen LogP contribution in [0.4, 0.5) is 15.8 Å². The monoisotopic (exact) mass is 369 g/mol. The molecule has 1 fully saturated rings. The lowest BCUT2D eigenvalue weighted by molar-refractivity contribution is -0.117. The van der Waals surface area contributed by atoms with Crippen LogP contribution in [0.2, 0.25) is 0 Å². The van der Waals surface area contributed by atoms with Crippen molar-refractivity contribution in [1.82, 2.24) is 5.32 Å². The predicted octanol–water partition coefficient (Wildman–Crippen LogP) is 3.21. The van der Waals surface area contributed by atoms with Gasteiger partial charge in [0.2, 0.25) is 5.91 Å². The third kappa shape index (κ3) is 4.64. The Bertz CT molecular complexity index is 825. The van der Waals surface area contributed by atoms with Gasteiger partial charge in [0.1, 0.15) is 5.82 Å². The highest BCUT2D eigenvalue weighted by Gasteiger charge is 2.22. The van der Waals surface area contributed by atoms with Crippen molar-refractivity contribution < 1.29 is 14.0 Å². The molecule has 0 radical (unpaired) electrons. The summed E-state index contributed by atoms with van der Waals surface area (Å²) in [6.45, 7) is 1.82. The lowest BCUT2D eigenvalue weighted by Gasteiger charge is -2.20. The van der Waals surface area contributed by atoms with Gasteiger partial charge in [0.15, 0.2) is 0 Å². The lowest BCUT2D eigenvalue weighted by Crippen LogP contribution is -2.29. The van der Waals surface area contributed by atoms with E-state index in [2.05, 4.69) is 5.32 Å². The Morgan fingerprint density at radius 3 is 2.78 bits per heavy atom. The smallest absolute Gasteiger partial charge is 0.251 e. The van der Waals surface area contributed by atoms with E-state index in [1.807, 2.05) is 18.0 Å². The normalized spacial score (nSPS) is 13.7. The Balaban J connectivity index is 1.50. The molecule has 0 bridgehead atoms. The van der Waals surface area contributed by atoms with Crippen LogP contribution in [-0.2, 0) is 4.79 Å². The average Bonchev–Trinajstić information content (AvgIpc) is 3.11. The Labute approximate surface area is 158 Å². The lowest BCUT2D eigenvalue weighted by atomic mass is 10.1. The van der Waals surface area contributed by atoms with Gasteiger partial charge >= 0.3 is 0 Å². The first-order valence-corrected chi connectivity index (χ1v) is 9.20. The number of anilines is 2. The van der Waals surface area contributed by atoms with Gasteiger partial charge in [-0.25, -0.2) is 4.39 Å². The molecule has 27 heavy (non-hydrogen) atoms. The minimum Gasteiger partial charge on any atom is -0.372 e. The average molecular weight is 369 g/mol. The number of amides is 2. The molecular weight excluding hydrogens is 345 g/mol. The van der Waals surface area contributed by atoms with E-state index >= 15 is 0 Å². The molecule has 2 amide bonds. The van der Waals surface area contributed by atoms with Gasteiger partial charge in [0.25, 0.3) is 5.91 Å². The number of halogens is 1. The van der Waals surface area contributed by atoms with Crippen LogP contribution >= 0.6 is 0 Å². The minimum absolute atomic E-state index is 0.101. The number of benzene rings is 2. The molecule has 142 valence electrons. The number of hydrogen-bond acceptors (Lipinski definition) is 3. The maximum Gasteiger partial charge on any atom is 0.251 e. The number of nitrogens with one attached hydrogen (secondary N) is 1. The van der Waals surface area contributed by atoms with Gasteiger partial charge in [0, 0.05) is 44.4 Å². The molecule has 0 atom stereocenters. The van der Waals surface area contributed by atoms with Crippen LogP contribution in [0.25, 0.3) is 0 Å². The zero-order valence-electron chi connectivity index (χ0n) is 15.5. The molecule has 2 aromatic rings. The molecule has 3 rings (SSSR count). The Morgan fingerprint density at radius 1 is 1.22 bits per heavy atom. The molecule has 1 N–H and O–H groups in total. The summed E-state index contributed by atoms with van der Waals surface area (Å²) in [5.74, 6) is -0.321. The summed E-state index contributed by atoms with van der Waals surface area (Å²) in [5.41, 5.74) is 1.85. The van der Waals surface area contributed by atoms with E-state index in [-0.39, 0.29) is 17.6 Å². The van der Waals surface area contributed by atoms with E-state index in [1.165, 1.54) is 6.07 Å². The summed E-state index contributed by atoms with van der Waals surface area (Å²) in [6.07, 6.45) is 2.11. The van der Waals surface area contributed by atoms with Crippen LogP contribution in [0.1, 0.15) is 29.6 Å². The molecule has 0 aliphatic carbocycles. The maximum atomic E-state index is 13.8. The van der Waals surface area contributed by atoms with E-state index in [0.29, 0.717) is 43.7 Å². The summed E-state index contributed by atoms with van der Waals surface area (Å²) < 4.78 is 13.8. The molecule has 1 saturated heterocycles. The van der Waals surface area contributed by atoms with E-state index in [4.69, 9.17) is 0 Å². The van der Waals surface area contributed by atoms with Gasteiger partial charge in [-0.2, -0.15) is 0 Å². The van der Waals surface area contributed by atoms with Crippen LogP contribution < -0.4 is 15.1 Å². The molecule has 2 aromatic carbocycles. The van der Waals surface area contributed by atoms with E-state index in [0.717, 1.165) is 12.1 Å². The molecule has 0 unspecified atom stereocenters. The van der Waals surface area contributed by atoms with Crippen molar-refractivity contribution in [3.05, 3.63) is 59.9 Å². The number of nitrogens with zero attached hydrogens (tertiary/aromatic N) is 2. The van der Waals surface area contributed by atoms with Gasteiger partial charge in [-0.1, -0.05) is 18.2 Å². The van der Waals surface area contributed by atoms with Crippen molar-refractivity contribution in [3.63, 3.8) is 0 Å². The maximum absolute atomic E-state index is 13.8. The van der Waals surface area contributed by atoms with Crippen molar-refractivity contribution in [2.45, 2.75) is 19.3 Å². The van der Waals surface area contributed by atoms with Gasteiger partial charge in [-0.15, -0.1) is 0 Å². The summed E-state index contributed by atoms with van der Waals surface area (Å²) in [7, 11) is 1.83. The highest BCUT2D eigenvalue weighted by Crippen LogP contribution is 2.22. The summed E-state index contributed by atoms with van der Waals surface area (Å²) >= 11 is 0. The van der Waals surface area contributed by atoms with Crippen molar-refractivity contribution in [3.8, 4) is 0 Å². The fourth-order valence-electron chi connectivity index (χ4n) is 3.24. The molecule has 1 aliphatic heterocycles. The fourth-order valence-corrected chi connectivity index (χ4v) is 3.24. The Hall–Kier alpha value is -2.89. The van der Waals surface area contributed by atoms with Crippen LogP contribution in [0.15, 0.2) is 48.5 Å². The zero-order chi connectivity index (χ0) is 19.2. The van der Waals surface area contributed by atoms with Crippen molar-refractivity contribution >= 4 is 23.2 Å². The Kier molecular flexibility index (Phi) is 6.06. The topological polar surface area (TPSA) is 52.7 Å². The second-order valence-electron chi connectivity index (χ2n) is 6.68. The second-order valence-corrected chi connectivity index (χ2v) is 6.68.